The molecule has 7 nitrogen and oxygen atoms in total. The van der Waals surface area contributed by atoms with E-state index in [2.05, 4.69) is 0 Å². The molecule has 1 unspecified atom stereocenters. The monoisotopic (exact) mass is 472 g/mol. The summed E-state index contributed by atoms with van der Waals surface area (Å²) in [6, 6.07) is 19.3. The van der Waals surface area contributed by atoms with Gasteiger partial charge in [-0.15, -0.1) is 0 Å². The molecule has 3 aromatic carbocycles. The molecule has 0 radical (unpaired) electrons. The number of aromatic hydroxyl groups is 2. The van der Waals surface area contributed by atoms with Crippen LogP contribution in [0.3, 0.4) is 0 Å². The summed E-state index contributed by atoms with van der Waals surface area (Å²) >= 11 is 0. The minimum absolute atomic E-state index is 0.0123. The first-order chi connectivity index (χ1) is 16.9. The number of aliphatic hydroxyl groups is 1. The molecule has 7 heteroatoms. The maximum atomic E-state index is 13.2. The second-order valence-electron chi connectivity index (χ2n) is 8.67. The normalized spacial score (nSPS) is 20.9. The minimum Gasteiger partial charge on any atom is -0.507 e. The number of Topliss-reactive ketones (excluding diaryl/α,β-unsaturated/α-hetero) is 1. The van der Waals surface area contributed by atoms with E-state index in [0.29, 0.717) is 5.56 Å². The van der Waals surface area contributed by atoms with Crippen molar-refractivity contribution in [2.45, 2.75) is 37.1 Å². The topological polar surface area (TPSA) is 113 Å². The van der Waals surface area contributed by atoms with Crippen molar-refractivity contribution < 1.29 is 34.4 Å². The number of esters is 1. The van der Waals surface area contributed by atoms with Gasteiger partial charge < -0.3 is 24.8 Å². The van der Waals surface area contributed by atoms with E-state index in [9.17, 15) is 24.9 Å². The summed E-state index contributed by atoms with van der Waals surface area (Å²) in [7, 11) is 0. The second kappa shape index (κ2) is 9.27. The van der Waals surface area contributed by atoms with Gasteiger partial charge in [-0.2, -0.15) is 0 Å². The molecule has 0 bridgehead atoms. The third kappa shape index (κ3) is 4.26. The molecule has 0 saturated heterocycles. The number of fused-ring (bicyclic) bond motifs is 1. The third-order valence-corrected chi connectivity index (χ3v) is 6.45. The van der Waals surface area contributed by atoms with Crippen molar-refractivity contribution in [2.75, 3.05) is 0 Å². The van der Waals surface area contributed by atoms with Gasteiger partial charge in [-0.3, -0.25) is 4.79 Å². The van der Waals surface area contributed by atoms with Crippen LogP contribution in [0.15, 0.2) is 78.9 Å². The predicted octanol–water partition coefficient (Wildman–Crippen LogP) is 4.17. The number of carbonyl (C=O) groups excluding carboxylic acids is 2. The van der Waals surface area contributed by atoms with Gasteiger partial charge in [-0.05, 0) is 11.1 Å². The van der Waals surface area contributed by atoms with E-state index in [4.69, 9.17) is 9.47 Å². The molecule has 0 aliphatic carbocycles. The van der Waals surface area contributed by atoms with Gasteiger partial charge in [0.25, 0.3) is 0 Å². The van der Waals surface area contributed by atoms with Gasteiger partial charge in [-0.1, -0.05) is 66.7 Å². The molecule has 3 N–H and O–H groups in total. The Labute approximate surface area is 201 Å². The van der Waals surface area contributed by atoms with Crippen LogP contribution in [0.1, 0.15) is 51.9 Å². The van der Waals surface area contributed by atoms with Crippen LogP contribution in [-0.2, 0) is 9.53 Å². The average molecular weight is 472 g/mol. The number of ketones is 1. The Hall–Kier alpha value is -4.10. The van der Waals surface area contributed by atoms with Gasteiger partial charge in [0.15, 0.2) is 5.78 Å². The summed E-state index contributed by atoms with van der Waals surface area (Å²) in [5, 5.41) is 33.6. The standard InChI is InChI=1S/C28H24O7/c29-18-14-21(16-8-3-1-4-9-16)34-22-15-19(30)26(28(33)25(18)22)24(17-10-5-2-6-11-17)27(32)20-12-7-13-23(31)35-20/h1-11,13,15,20-21,24,27,30,32-33H,12,14H2/t20?,21-,24-,27-/m0/s1. The van der Waals surface area contributed by atoms with Crippen molar-refractivity contribution in [1.82, 2.24) is 0 Å². The highest BCUT2D eigenvalue weighted by molar-refractivity contribution is 6.03. The molecule has 178 valence electrons. The van der Waals surface area contributed by atoms with E-state index in [0.717, 1.165) is 5.56 Å². The first kappa shape index (κ1) is 22.7. The van der Waals surface area contributed by atoms with Crippen LogP contribution < -0.4 is 4.74 Å². The Morgan fingerprint density at radius 1 is 0.914 bits per heavy atom. The van der Waals surface area contributed by atoms with E-state index in [1.165, 1.54) is 12.1 Å². The van der Waals surface area contributed by atoms with Crippen LogP contribution in [0.5, 0.6) is 17.2 Å². The summed E-state index contributed by atoms with van der Waals surface area (Å²) in [6.45, 7) is 0. The molecule has 0 fully saturated rings. The van der Waals surface area contributed by atoms with Crippen molar-refractivity contribution in [1.29, 1.82) is 0 Å². The van der Waals surface area contributed by atoms with Gasteiger partial charge in [0.2, 0.25) is 0 Å². The van der Waals surface area contributed by atoms with Crippen LogP contribution in [-0.4, -0.2) is 39.3 Å². The van der Waals surface area contributed by atoms with Gasteiger partial charge >= 0.3 is 5.97 Å². The molecular weight excluding hydrogens is 448 g/mol. The van der Waals surface area contributed by atoms with Crippen molar-refractivity contribution >= 4 is 11.8 Å². The lowest BCUT2D eigenvalue weighted by molar-refractivity contribution is -0.150. The quantitative estimate of drug-likeness (QED) is 0.478. The lowest BCUT2D eigenvalue weighted by atomic mass is 9.80. The Bertz CT molecular complexity index is 1280. The Kier molecular flexibility index (Phi) is 6.01. The lowest BCUT2D eigenvalue weighted by Gasteiger charge is -2.33. The number of cyclic esters (lactones) is 1. The molecule has 35 heavy (non-hydrogen) atoms. The van der Waals surface area contributed by atoms with Crippen LogP contribution in [0.2, 0.25) is 0 Å². The molecular formula is C28H24O7. The fraction of sp³-hybridized carbons (Fsp3) is 0.214. The van der Waals surface area contributed by atoms with Crippen molar-refractivity contribution in [3.05, 3.63) is 101 Å². The number of carbonyl (C=O) groups is 2. The minimum atomic E-state index is -1.31. The predicted molar refractivity (Wildman–Crippen MR) is 126 cm³/mol. The van der Waals surface area contributed by atoms with E-state index < -0.39 is 35.9 Å². The molecule has 0 spiro atoms. The van der Waals surface area contributed by atoms with Gasteiger partial charge in [0.05, 0.1) is 6.42 Å². The maximum Gasteiger partial charge on any atom is 0.330 e. The zero-order valence-corrected chi connectivity index (χ0v) is 18.7. The summed E-state index contributed by atoms with van der Waals surface area (Å²) in [5.74, 6) is -2.63. The molecule has 0 aromatic heterocycles. The van der Waals surface area contributed by atoms with Gasteiger partial charge in [0.1, 0.15) is 41.1 Å². The Balaban J connectivity index is 1.59. The zero-order valence-electron chi connectivity index (χ0n) is 18.7. The van der Waals surface area contributed by atoms with Crippen LogP contribution >= 0.6 is 0 Å². The fourth-order valence-electron chi connectivity index (χ4n) is 4.79. The summed E-state index contributed by atoms with van der Waals surface area (Å²) in [5.41, 5.74) is 1.31. The van der Waals surface area contributed by atoms with Gasteiger partial charge in [-0.25, -0.2) is 4.79 Å². The molecule has 4 atom stereocenters. The first-order valence-corrected chi connectivity index (χ1v) is 11.4. The number of hydrogen-bond donors (Lipinski definition) is 3. The number of benzene rings is 3. The number of rotatable bonds is 5. The van der Waals surface area contributed by atoms with Crippen molar-refractivity contribution in [3.63, 3.8) is 0 Å². The highest BCUT2D eigenvalue weighted by Crippen LogP contribution is 2.49. The number of phenolic OH excluding ortho intramolecular Hbond substituents is 2. The van der Waals surface area contributed by atoms with E-state index in [1.54, 1.807) is 36.4 Å². The first-order valence-electron chi connectivity index (χ1n) is 11.4. The lowest BCUT2D eigenvalue weighted by Crippen LogP contribution is -2.37. The molecule has 2 aliphatic heterocycles. The molecule has 5 rings (SSSR count). The number of aliphatic hydroxyl groups excluding tert-OH is 1. The van der Waals surface area contributed by atoms with E-state index in [1.807, 2.05) is 30.3 Å². The zero-order chi connectivity index (χ0) is 24.5. The molecule has 0 amide bonds. The Morgan fingerprint density at radius 3 is 2.29 bits per heavy atom. The average Bonchev–Trinajstić information content (AvgIpc) is 2.86. The van der Waals surface area contributed by atoms with Crippen molar-refractivity contribution in [2.24, 2.45) is 0 Å². The number of hydrogen-bond acceptors (Lipinski definition) is 7. The second-order valence-corrected chi connectivity index (χ2v) is 8.67. The maximum absolute atomic E-state index is 13.2. The largest absolute Gasteiger partial charge is 0.507 e. The van der Waals surface area contributed by atoms with Crippen LogP contribution in [0, 0.1) is 0 Å². The third-order valence-electron chi connectivity index (χ3n) is 6.45. The number of phenols is 2. The highest BCUT2D eigenvalue weighted by atomic mass is 16.6. The fourth-order valence-corrected chi connectivity index (χ4v) is 4.79. The highest BCUT2D eigenvalue weighted by Gasteiger charge is 2.40. The number of ether oxygens (including phenoxy) is 2. The van der Waals surface area contributed by atoms with Crippen molar-refractivity contribution in [3.8, 4) is 17.2 Å². The van der Waals surface area contributed by atoms with Crippen LogP contribution in [0.4, 0.5) is 0 Å². The van der Waals surface area contributed by atoms with Gasteiger partial charge in [0, 0.05) is 30.0 Å². The van der Waals surface area contributed by atoms with E-state index in [-0.39, 0.29) is 41.3 Å². The Morgan fingerprint density at radius 2 is 1.60 bits per heavy atom. The summed E-state index contributed by atoms with van der Waals surface area (Å²) < 4.78 is 11.3. The molecule has 2 aliphatic rings. The van der Waals surface area contributed by atoms with Crippen LogP contribution in [0.25, 0.3) is 0 Å². The summed E-state index contributed by atoms with van der Waals surface area (Å²) in [4.78, 5) is 25.0. The van der Waals surface area contributed by atoms with E-state index >= 15 is 0 Å². The molecule has 0 saturated carbocycles. The molecule has 3 aromatic rings. The summed E-state index contributed by atoms with van der Waals surface area (Å²) in [6.07, 6.45) is 0.412. The molecule has 2 heterocycles. The smallest absolute Gasteiger partial charge is 0.330 e. The SMILES string of the molecule is O=C1C=CCC([C@H](O)[C@@H](c2ccccc2)c2c(O)cc3c(c2O)C(=O)C[C@@H](c2ccccc2)O3)O1.